The van der Waals surface area contributed by atoms with E-state index in [0.717, 1.165) is 12.3 Å². The van der Waals surface area contributed by atoms with Gasteiger partial charge in [-0.3, -0.25) is 0 Å². The molecule has 0 aromatic heterocycles. The van der Waals surface area contributed by atoms with Crippen molar-refractivity contribution >= 4 is 0 Å². The van der Waals surface area contributed by atoms with Gasteiger partial charge in [0.2, 0.25) is 0 Å². The van der Waals surface area contributed by atoms with E-state index in [1.165, 1.54) is 31.3 Å². The highest BCUT2D eigenvalue weighted by molar-refractivity contribution is 4.92. The van der Waals surface area contributed by atoms with Crippen LogP contribution in [0.4, 0.5) is 0 Å². The fraction of sp³-hybridized carbons (Fsp3) is 0.692. The fourth-order valence-electron chi connectivity index (χ4n) is 1.35. The third-order valence-corrected chi connectivity index (χ3v) is 2.23. The van der Waals surface area contributed by atoms with Gasteiger partial charge in [-0.2, -0.15) is 0 Å². The zero-order chi connectivity index (χ0) is 10.1. The van der Waals surface area contributed by atoms with Gasteiger partial charge in [-0.15, -0.1) is 12.3 Å². The SMILES string of the molecule is C#CCCCC(C)CCC=C(C)C. The molecular formula is C13H22. The molecule has 0 saturated heterocycles. The fourth-order valence-corrected chi connectivity index (χ4v) is 1.35. The minimum Gasteiger partial charge on any atom is -0.120 e. The van der Waals surface area contributed by atoms with Crippen LogP contribution in [-0.2, 0) is 0 Å². The van der Waals surface area contributed by atoms with Crippen LogP contribution in [0, 0.1) is 18.3 Å². The summed E-state index contributed by atoms with van der Waals surface area (Å²) < 4.78 is 0. The summed E-state index contributed by atoms with van der Waals surface area (Å²) in [5.74, 6) is 3.51. The summed E-state index contributed by atoms with van der Waals surface area (Å²) >= 11 is 0. The van der Waals surface area contributed by atoms with Gasteiger partial charge in [-0.05, 0) is 45.4 Å². The summed E-state index contributed by atoms with van der Waals surface area (Å²) in [7, 11) is 0. The van der Waals surface area contributed by atoms with Crippen LogP contribution in [0.15, 0.2) is 11.6 Å². The van der Waals surface area contributed by atoms with Crippen LogP contribution in [0.5, 0.6) is 0 Å². The van der Waals surface area contributed by atoms with E-state index >= 15 is 0 Å². The van der Waals surface area contributed by atoms with Crippen LogP contribution in [0.25, 0.3) is 0 Å². The van der Waals surface area contributed by atoms with E-state index in [0.29, 0.717) is 0 Å². The first kappa shape index (κ1) is 12.3. The summed E-state index contributed by atoms with van der Waals surface area (Å²) in [5.41, 5.74) is 1.43. The first-order chi connectivity index (χ1) is 6.16. The Hall–Kier alpha value is -0.700. The van der Waals surface area contributed by atoms with Crippen LogP contribution < -0.4 is 0 Å². The van der Waals surface area contributed by atoms with Crippen molar-refractivity contribution in [3.05, 3.63) is 11.6 Å². The highest BCUT2D eigenvalue weighted by atomic mass is 14.0. The lowest BCUT2D eigenvalue weighted by atomic mass is 9.98. The highest BCUT2D eigenvalue weighted by Crippen LogP contribution is 2.14. The summed E-state index contributed by atoms with van der Waals surface area (Å²) in [5, 5.41) is 0. The maximum atomic E-state index is 5.20. The second-order valence-corrected chi connectivity index (χ2v) is 4.06. The second kappa shape index (κ2) is 7.92. The quantitative estimate of drug-likeness (QED) is 0.325. The van der Waals surface area contributed by atoms with Gasteiger partial charge in [-0.1, -0.05) is 18.6 Å². The Bertz CT molecular complexity index is 177. The topological polar surface area (TPSA) is 0 Å². The monoisotopic (exact) mass is 178 g/mol. The van der Waals surface area contributed by atoms with Gasteiger partial charge in [0.15, 0.2) is 0 Å². The van der Waals surface area contributed by atoms with Crippen molar-refractivity contribution in [2.45, 2.75) is 52.9 Å². The number of allylic oxidation sites excluding steroid dienone is 2. The maximum absolute atomic E-state index is 5.20. The lowest BCUT2D eigenvalue weighted by Gasteiger charge is -2.08. The van der Waals surface area contributed by atoms with Crippen LogP contribution in [-0.4, -0.2) is 0 Å². The molecule has 0 saturated carbocycles. The molecular weight excluding hydrogens is 156 g/mol. The van der Waals surface area contributed by atoms with Crippen molar-refractivity contribution < 1.29 is 0 Å². The molecule has 0 amide bonds. The van der Waals surface area contributed by atoms with E-state index in [-0.39, 0.29) is 0 Å². The van der Waals surface area contributed by atoms with Gasteiger partial charge in [0.05, 0.1) is 0 Å². The van der Waals surface area contributed by atoms with Crippen LogP contribution in [0.1, 0.15) is 52.9 Å². The van der Waals surface area contributed by atoms with Crippen molar-refractivity contribution in [3.8, 4) is 12.3 Å². The predicted molar refractivity (Wildman–Crippen MR) is 60.5 cm³/mol. The van der Waals surface area contributed by atoms with Crippen LogP contribution in [0.2, 0.25) is 0 Å². The molecule has 1 atom stereocenters. The predicted octanol–water partition coefficient (Wildman–Crippen LogP) is 4.17. The summed E-state index contributed by atoms with van der Waals surface area (Å²) in [6.45, 7) is 6.63. The largest absolute Gasteiger partial charge is 0.120 e. The average molecular weight is 178 g/mol. The summed E-state index contributed by atoms with van der Waals surface area (Å²) in [6, 6.07) is 0. The minimum absolute atomic E-state index is 0.823. The Morgan fingerprint density at radius 3 is 2.62 bits per heavy atom. The third-order valence-electron chi connectivity index (χ3n) is 2.23. The summed E-state index contributed by atoms with van der Waals surface area (Å²) in [4.78, 5) is 0. The Morgan fingerprint density at radius 1 is 1.38 bits per heavy atom. The molecule has 0 N–H and O–H groups in total. The molecule has 0 aliphatic heterocycles. The molecule has 0 aromatic carbocycles. The zero-order valence-corrected chi connectivity index (χ0v) is 9.27. The highest BCUT2D eigenvalue weighted by Gasteiger charge is 1.99. The molecule has 0 rings (SSSR count). The standard InChI is InChI=1S/C13H22/c1-5-6-7-10-13(4)11-8-9-12(2)3/h1,9,13H,6-8,10-11H2,2-4H3. The molecule has 0 heterocycles. The van der Waals surface area contributed by atoms with Gasteiger partial charge in [0.25, 0.3) is 0 Å². The van der Waals surface area contributed by atoms with E-state index in [4.69, 9.17) is 6.42 Å². The molecule has 0 nitrogen and oxygen atoms in total. The molecule has 0 aliphatic carbocycles. The van der Waals surface area contributed by atoms with Gasteiger partial charge in [0.1, 0.15) is 0 Å². The minimum atomic E-state index is 0.823. The van der Waals surface area contributed by atoms with Crippen molar-refractivity contribution in [3.63, 3.8) is 0 Å². The Labute approximate surface area is 83.4 Å². The average Bonchev–Trinajstić information content (AvgIpc) is 2.04. The van der Waals surface area contributed by atoms with E-state index < -0.39 is 0 Å². The Morgan fingerprint density at radius 2 is 2.08 bits per heavy atom. The zero-order valence-electron chi connectivity index (χ0n) is 9.27. The number of hydrogen-bond donors (Lipinski definition) is 0. The van der Waals surface area contributed by atoms with Crippen LogP contribution in [0.3, 0.4) is 0 Å². The molecule has 0 radical (unpaired) electrons. The maximum Gasteiger partial charge on any atom is 0.00861 e. The van der Waals surface area contributed by atoms with Crippen molar-refractivity contribution in [1.29, 1.82) is 0 Å². The molecule has 0 heteroatoms. The molecule has 0 bridgehead atoms. The van der Waals surface area contributed by atoms with E-state index in [1.54, 1.807) is 0 Å². The van der Waals surface area contributed by atoms with Crippen molar-refractivity contribution in [2.24, 2.45) is 5.92 Å². The normalized spacial score (nSPS) is 11.8. The molecule has 0 aromatic rings. The lowest BCUT2D eigenvalue weighted by molar-refractivity contribution is 0.482. The summed E-state index contributed by atoms with van der Waals surface area (Å²) in [6.07, 6.45) is 13.4. The van der Waals surface area contributed by atoms with Gasteiger partial charge in [0, 0.05) is 6.42 Å². The third kappa shape index (κ3) is 9.21. The number of unbranched alkanes of at least 4 members (excludes halogenated alkanes) is 1. The Balaban J connectivity index is 3.36. The van der Waals surface area contributed by atoms with Crippen molar-refractivity contribution in [2.75, 3.05) is 0 Å². The second-order valence-electron chi connectivity index (χ2n) is 4.06. The number of rotatable bonds is 6. The first-order valence-electron chi connectivity index (χ1n) is 5.23. The van der Waals surface area contributed by atoms with Gasteiger partial charge < -0.3 is 0 Å². The first-order valence-corrected chi connectivity index (χ1v) is 5.23. The molecule has 13 heavy (non-hydrogen) atoms. The smallest absolute Gasteiger partial charge is 0.00861 e. The molecule has 0 spiro atoms. The van der Waals surface area contributed by atoms with E-state index in [1.807, 2.05) is 0 Å². The molecule has 74 valence electrons. The number of hydrogen-bond acceptors (Lipinski definition) is 0. The van der Waals surface area contributed by atoms with Crippen molar-refractivity contribution in [1.82, 2.24) is 0 Å². The van der Waals surface area contributed by atoms with E-state index in [9.17, 15) is 0 Å². The Kier molecular flexibility index (Phi) is 7.50. The van der Waals surface area contributed by atoms with E-state index in [2.05, 4.69) is 32.8 Å². The lowest BCUT2D eigenvalue weighted by Crippen LogP contribution is -1.93. The number of terminal acetylenes is 1. The van der Waals surface area contributed by atoms with Gasteiger partial charge >= 0.3 is 0 Å². The molecule has 1 unspecified atom stereocenters. The molecule has 0 aliphatic rings. The van der Waals surface area contributed by atoms with Crippen LogP contribution >= 0.6 is 0 Å². The molecule has 0 fully saturated rings. The van der Waals surface area contributed by atoms with Gasteiger partial charge in [-0.25, -0.2) is 0 Å².